The van der Waals surface area contributed by atoms with Gasteiger partial charge in [0.2, 0.25) is 0 Å². The highest BCUT2D eigenvalue weighted by Crippen LogP contribution is 2.44. The quantitative estimate of drug-likeness (QED) is 0.906. The number of carboxylic acids is 1. The molecule has 3 rings (SSSR count). The molecule has 0 aliphatic heterocycles. The number of carbonyl (C=O) groups is 1. The topological polar surface area (TPSA) is 63.3 Å². The molecule has 2 aromatic heterocycles. The highest BCUT2D eigenvalue weighted by atomic mass is 32.1. The number of aromatic nitrogens is 1. The molecular weight excluding hydrogens is 238 g/mol. The Morgan fingerprint density at radius 2 is 2.35 bits per heavy atom. The van der Waals surface area contributed by atoms with Gasteiger partial charge in [-0.15, -0.1) is 11.3 Å². The van der Waals surface area contributed by atoms with Crippen LogP contribution in [0.5, 0.6) is 0 Å². The van der Waals surface area contributed by atoms with Crippen molar-refractivity contribution in [1.29, 1.82) is 0 Å². The first-order chi connectivity index (χ1) is 8.16. The van der Waals surface area contributed by atoms with Gasteiger partial charge in [0, 0.05) is 5.92 Å². The van der Waals surface area contributed by atoms with Crippen LogP contribution < -0.4 is 0 Å². The van der Waals surface area contributed by atoms with E-state index in [0.29, 0.717) is 21.6 Å². The number of thiazole rings is 1. The first-order valence-corrected chi connectivity index (χ1v) is 6.27. The number of nitrogens with zero attached hydrogens (tertiary/aromatic N) is 1. The van der Waals surface area contributed by atoms with Crippen LogP contribution in [0.1, 0.15) is 39.7 Å². The van der Waals surface area contributed by atoms with Gasteiger partial charge in [0.1, 0.15) is 4.88 Å². The molecule has 1 aliphatic rings. The molecule has 2 aromatic rings. The molecule has 1 N–H and O–H groups in total. The molecule has 0 amide bonds. The van der Waals surface area contributed by atoms with E-state index in [1.807, 2.05) is 13.0 Å². The number of aromatic carboxylic acids is 1. The van der Waals surface area contributed by atoms with E-state index < -0.39 is 5.97 Å². The second kappa shape index (κ2) is 3.70. The summed E-state index contributed by atoms with van der Waals surface area (Å²) in [7, 11) is 0. The van der Waals surface area contributed by atoms with Crippen molar-refractivity contribution in [3.63, 3.8) is 0 Å². The molecule has 5 heteroatoms. The summed E-state index contributed by atoms with van der Waals surface area (Å²) in [6.07, 6.45) is 3.69. The molecule has 1 aliphatic carbocycles. The SMILES string of the molecule is Cc1ccoc1-c1nc(C2CC2)c(C(=O)O)s1. The van der Waals surface area contributed by atoms with E-state index in [2.05, 4.69) is 4.98 Å². The van der Waals surface area contributed by atoms with Crippen LogP contribution in [0.4, 0.5) is 0 Å². The number of hydrogen-bond donors (Lipinski definition) is 1. The normalized spacial score (nSPS) is 15.1. The Bertz CT molecular complexity index is 580. The molecule has 4 nitrogen and oxygen atoms in total. The largest absolute Gasteiger partial charge is 0.477 e. The number of carboxylic acid groups (broad SMARTS) is 1. The van der Waals surface area contributed by atoms with Crippen LogP contribution in [0.2, 0.25) is 0 Å². The molecule has 0 unspecified atom stereocenters. The van der Waals surface area contributed by atoms with Crippen molar-refractivity contribution >= 4 is 17.3 Å². The fourth-order valence-corrected chi connectivity index (χ4v) is 2.85. The molecule has 0 aromatic carbocycles. The maximum absolute atomic E-state index is 11.2. The van der Waals surface area contributed by atoms with Crippen molar-refractivity contribution in [1.82, 2.24) is 4.98 Å². The van der Waals surface area contributed by atoms with Gasteiger partial charge in [-0.05, 0) is 31.4 Å². The minimum atomic E-state index is -0.889. The third-order valence-corrected chi connectivity index (χ3v) is 3.93. The highest BCUT2D eigenvalue weighted by molar-refractivity contribution is 7.17. The molecule has 0 atom stereocenters. The summed E-state index contributed by atoms with van der Waals surface area (Å²) in [5, 5.41) is 9.84. The van der Waals surface area contributed by atoms with Gasteiger partial charge in [-0.1, -0.05) is 0 Å². The number of furan rings is 1. The minimum Gasteiger partial charge on any atom is -0.477 e. The highest BCUT2D eigenvalue weighted by Gasteiger charge is 2.32. The zero-order chi connectivity index (χ0) is 12.0. The molecule has 2 heterocycles. The molecule has 0 spiro atoms. The van der Waals surface area contributed by atoms with E-state index in [-0.39, 0.29) is 0 Å². The second-order valence-electron chi connectivity index (χ2n) is 4.25. The zero-order valence-electron chi connectivity index (χ0n) is 9.27. The Balaban J connectivity index is 2.10. The summed E-state index contributed by atoms with van der Waals surface area (Å²) in [6.45, 7) is 1.93. The van der Waals surface area contributed by atoms with E-state index in [4.69, 9.17) is 9.52 Å². The van der Waals surface area contributed by atoms with Crippen LogP contribution in [0.15, 0.2) is 16.7 Å². The van der Waals surface area contributed by atoms with E-state index in [9.17, 15) is 4.79 Å². The zero-order valence-corrected chi connectivity index (χ0v) is 10.1. The Morgan fingerprint density at radius 1 is 1.59 bits per heavy atom. The molecule has 0 bridgehead atoms. The summed E-state index contributed by atoms with van der Waals surface area (Å²) in [4.78, 5) is 16.0. The molecule has 1 saturated carbocycles. The Labute approximate surface area is 102 Å². The summed E-state index contributed by atoms with van der Waals surface area (Å²) in [5.74, 6) is 0.130. The maximum Gasteiger partial charge on any atom is 0.347 e. The molecule has 1 fully saturated rings. The van der Waals surface area contributed by atoms with Crippen molar-refractivity contribution in [2.75, 3.05) is 0 Å². The Kier molecular flexibility index (Phi) is 2.29. The van der Waals surface area contributed by atoms with Crippen LogP contribution in [-0.4, -0.2) is 16.1 Å². The van der Waals surface area contributed by atoms with Crippen LogP contribution >= 0.6 is 11.3 Å². The summed E-state index contributed by atoms with van der Waals surface area (Å²) >= 11 is 1.20. The lowest BCUT2D eigenvalue weighted by atomic mass is 10.2. The number of aryl methyl sites for hydroxylation is 1. The van der Waals surface area contributed by atoms with Crippen molar-refractivity contribution in [2.24, 2.45) is 0 Å². The van der Waals surface area contributed by atoms with Crippen molar-refractivity contribution in [2.45, 2.75) is 25.7 Å². The predicted molar refractivity (Wildman–Crippen MR) is 63.5 cm³/mol. The maximum atomic E-state index is 11.2. The van der Waals surface area contributed by atoms with Crippen molar-refractivity contribution in [3.8, 4) is 10.8 Å². The van der Waals surface area contributed by atoms with Crippen LogP contribution in [0, 0.1) is 6.92 Å². The third kappa shape index (κ3) is 1.76. The molecule has 0 radical (unpaired) electrons. The molecule has 0 saturated heterocycles. The predicted octanol–water partition coefficient (Wildman–Crippen LogP) is 3.29. The van der Waals surface area contributed by atoms with Crippen LogP contribution in [0.25, 0.3) is 10.8 Å². The average molecular weight is 249 g/mol. The van der Waals surface area contributed by atoms with Gasteiger partial charge in [-0.3, -0.25) is 0 Å². The standard InChI is InChI=1S/C12H11NO3S/c1-6-4-5-16-9(6)11-13-8(7-2-3-7)10(17-11)12(14)15/h4-5,7H,2-3H2,1H3,(H,14,15). The third-order valence-electron chi connectivity index (χ3n) is 2.87. The van der Waals surface area contributed by atoms with Crippen LogP contribution in [0.3, 0.4) is 0 Å². The summed E-state index contributed by atoms with van der Waals surface area (Å²) in [6, 6.07) is 1.86. The molecule has 88 valence electrons. The van der Waals surface area contributed by atoms with Crippen molar-refractivity contribution in [3.05, 3.63) is 28.5 Å². The van der Waals surface area contributed by atoms with E-state index >= 15 is 0 Å². The average Bonchev–Trinajstić information content (AvgIpc) is 2.88. The lowest BCUT2D eigenvalue weighted by Crippen LogP contribution is -1.97. The van der Waals surface area contributed by atoms with Gasteiger partial charge < -0.3 is 9.52 Å². The van der Waals surface area contributed by atoms with Gasteiger partial charge in [-0.2, -0.15) is 0 Å². The summed E-state index contributed by atoms with van der Waals surface area (Å²) < 4.78 is 5.35. The van der Waals surface area contributed by atoms with E-state index in [0.717, 1.165) is 24.1 Å². The number of rotatable bonds is 3. The van der Waals surface area contributed by atoms with Gasteiger partial charge in [0.15, 0.2) is 10.8 Å². The monoisotopic (exact) mass is 249 g/mol. The van der Waals surface area contributed by atoms with Gasteiger partial charge in [0.05, 0.1) is 12.0 Å². The van der Waals surface area contributed by atoms with Crippen molar-refractivity contribution < 1.29 is 14.3 Å². The first-order valence-electron chi connectivity index (χ1n) is 5.45. The Morgan fingerprint density at radius 3 is 2.88 bits per heavy atom. The number of hydrogen-bond acceptors (Lipinski definition) is 4. The second-order valence-corrected chi connectivity index (χ2v) is 5.24. The van der Waals surface area contributed by atoms with Crippen LogP contribution in [-0.2, 0) is 0 Å². The fraction of sp³-hybridized carbons (Fsp3) is 0.333. The van der Waals surface area contributed by atoms with Gasteiger partial charge >= 0.3 is 5.97 Å². The lowest BCUT2D eigenvalue weighted by molar-refractivity contribution is 0.0700. The fourth-order valence-electron chi connectivity index (χ4n) is 1.81. The smallest absolute Gasteiger partial charge is 0.347 e. The van der Waals surface area contributed by atoms with E-state index in [1.54, 1.807) is 6.26 Å². The van der Waals surface area contributed by atoms with Gasteiger partial charge in [0.25, 0.3) is 0 Å². The summed E-state index contributed by atoms with van der Waals surface area (Å²) in [5.41, 5.74) is 1.71. The van der Waals surface area contributed by atoms with Gasteiger partial charge in [-0.25, -0.2) is 9.78 Å². The minimum absolute atomic E-state index is 0.335. The first kappa shape index (κ1) is 10.5. The Hall–Kier alpha value is -1.62. The molecule has 17 heavy (non-hydrogen) atoms. The molecular formula is C12H11NO3S. The van der Waals surface area contributed by atoms with E-state index in [1.165, 1.54) is 11.3 Å². The lowest BCUT2D eigenvalue weighted by Gasteiger charge is -1.92.